The number of hydrogen-bond acceptors (Lipinski definition) is 1. The summed E-state index contributed by atoms with van der Waals surface area (Å²) in [5.74, 6) is -3.48. The van der Waals surface area contributed by atoms with Crippen molar-refractivity contribution >= 4 is 5.69 Å². The molecule has 0 saturated carbocycles. The molecule has 0 bridgehead atoms. The molecule has 102 valence electrons. The fourth-order valence-corrected chi connectivity index (χ4v) is 1.74. The van der Waals surface area contributed by atoms with Crippen molar-refractivity contribution in [2.24, 2.45) is 0 Å². The van der Waals surface area contributed by atoms with Gasteiger partial charge in [0, 0.05) is 5.69 Å². The minimum Gasteiger partial charge on any atom is -0.398 e. The predicted octanol–water partition coefficient (Wildman–Crippen LogP) is 4.09. The molecule has 0 saturated heterocycles. The highest BCUT2D eigenvalue weighted by Gasteiger charge is 2.57. The highest BCUT2D eigenvalue weighted by atomic mass is 19.4. The van der Waals surface area contributed by atoms with E-state index in [9.17, 15) is 26.3 Å². The molecule has 0 fully saturated rings. The van der Waals surface area contributed by atoms with Gasteiger partial charge in [-0.15, -0.1) is 0 Å². The van der Waals surface area contributed by atoms with E-state index >= 15 is 0 Å². The van der Waals surface area contributed by atoms with Gasteiger partial charge in [-0.2, -0.15) is 26.3 Å². The SMILES string of the molecule is Cc1cc(C(C(F)(F)F)C(F)(F)F)cc(C)c1N. The molecule has 1 nitrogen and oxygen atoms in total. The largest absolute Gasteiger partial charge is 0.404 e. The molecular weight excluding hydrogens is 260 g/mol. The first-order valence-corrected chi connectivity index (χ1v) is 4.94. The molecule has 0 aromatic heterocycles. The van der Waals surface area contributed by atoms with E-state index in [-0.39, 0.29) is 16.8 Å². The molecule has 2 N–H and O–H groups in total. The molecule has 1 aromatic rings. The lowest BCUT2D eigenvalue weighted by molar-refractivity contribution is -0.253. The summed E-state index contributed by atoms with van der Waals surface area (Å²) in [5.41, 5.74) is 5.26. The standard InChI is InChI=1S/C11H11F6N/c1-5-3-7(4-6(2)8(5)18)9(10(12,13)14)11(15,16)17/h3-4,9H,18H2,1-2H3. The van der Waals surface area contributed by atoms with Crippen LogP contribution in [-0.2, 0) is 0 Å². The van der Waals surface area contributed by atoms with Crippen molar-refractivity contribution in [1.82, 2.24) is 0 Å². The summed E-state index contributed by atoms with van der Waals surface area (Å²) < 4.78 is 75.1. The minimum atomic E-state index is -5.38. The van der Waals surface area contributed by atoms with Crippen LogP contribution in [0.5, 0.6) is 0 Å². The van der Waals surface area contributed by atoms with E-state index in [4.69, 9.17) is 5.73 Å². The van der Waals surface area contributed by atoms with Gasteiger partial charge < -0.3 is 5.73 Å². The molecule has 7 heteroatoms. The topological polar surface area (TPSA) is 26.0 Å². The lowest BCUT2D eigenvalue weighted by atomic mass is 9.93. The summed E-state index contributed by atoms with van der Waals surface area (Å²) in [4.78, 5) is 0. The third-order valence-corrected chi connectivity index (χ3v) is 2.60. The molecular formula is C11H11F6N. The van der Waals surface area contributed by atoms with Gasteiger partial charge in [0.1, 0.15) is 0 Å². The number of aryl methyl sites for hydroxylation is 2. The summed E-state index contributed by atoms with van der Waals surface area (Å²) in [6.07, 6.45) is -10.8. The van der Waals surface area contributed by atoms with Crippen molar-refractivity contribution in [2.45, 2.75) is 32.1 Å². The van der Waals surface area contributed by atoms with Gasteiger partial charge in [0.2, 0.25) is 0 Å². The van der Waals surface area contributed by atoms with Crippen LogP contribution in [0.4, 0.5) is 32.0 Å². The van der Waals surface area contributed by atoms with Crippen LogP contribution in [0, 0.1) is 13.8 Å². The summed E-state index contributed by atoms with van der Waals surface area (Å²) in [6, 6.07) is 1.65. The fourth-order valence-electron chi connectivity index (χ4n) is 1.74. The van der Waals surface area contributed by atoms with E-state index in [0.29, 0.717) is 0 Å². The van der Waals surface area contributed by atoms with Crippen LogP contribution in [-0.4, -0.2) is 12.4 Å². The second-order valence-electron chi connectivity index (χ2n) is 4.08. The average molecular weight is 271 g/mol. The quantitative estimate of drug-likeness (QED) is 0.604. The van der Waals surface area contributed by atoms with E-state index in [0.717, 1.165) is 12.1 Å². The Kier molecular flexibility index (Phi) is 3.56. The van der Waals surface area contributed by atoms with Crippen molar-refractivity contribution in [3.05, 3.63) is 28.8 Å². The fraction of sp³-hybridized carbons (Fsp3) is 0.455. The van der Waals surface area contributed by atoms with Crippen LogP contribution in [0.15, 0.2) is 12.1 Å². The summed E-state index contributed by atoms with van der Waals surface area (Å²) in [5, 5.41) is 0. The molecule has 18 heavy (non-hydrogen) atoms. The molecule has 0 aliphatic rings. The monoisotopic (exact) mass is 271 g/mol. The Morgan fingerprint density at radius 1 is 0.889 bits per heavy atom. The van der Waals surface area contributed by atoms with E-state index in [1.54, 1.807) is 0 Å². The van der Waals surface area contributed by atoms with Crippen LogP contribution in [0.3, 0.4) is 0 Å². The second kappa shape index (κ2) is 4.37. The number of alkyl halides is 6. The highest BCUT2D eigenvalue weighted by Crippen LogP contribution is 2.47. The molecule has 0 amide bonds. The first kappa shape index (κ1) is 14.7. The molecule has 0 aliphatic carbocycles. The lowest BCUT2D eigenvalue weighted by Crippen LogP contribution is -2.34. The third-order valence-electron chi connectivity index (χ3n) is 2.60. The number of halogens is 6. The van der Waals surface area contributed by atoms with Crippen LogP contribution >= 0.6 is 0 Å². The van der Waals surface area contributed by atoms with Crippen LogP contribution < -0.4 is 5.73 Å². The van der Waals surface area contributed by atoms with Gasteiger partial charge in [-0.05, 0) is 30.5 Å². The van der Waals surface area contributed by atoms with Gasteiger partial charge in [0.25, 0.3) is 0 Å². The number of anilines is 1. The van der Waals surface area contributed by atoms with Gasteiger partial charge in [-0.3, -0.25) is 0 Å². The van der Waals surface area contributed by atoms with Gasteiger partial charge in [0.05, 0.1) is 0 Å². The van der Waals surface area contributed by atoms with E-state index in [1.165, 1.54) is 13.8 Å². The van der Waals surface area contributed by atoms with Crippen molar-refractivity contribution in [2.75, 3.05) is 5.73 Å². The maximum absolute atomic E-state index is 12.5. The van der Waals surface area contributed by atoms with Crippen LogP contribution in [0.1, 0.15) is 22.6 Å². The molecule has 0 atom stereocenters. The predicted molar refractivity (Wildman–Crippen MR) is 55.2 cm³/mol. The molecule has 0 aliphatic heterocycles. The normalized spacial score (nSPS) is 13.2. The van der Waals surface area contributed by atoms with E-state index in [1.807, 2.05) is 0 Å². The highest BCUT2D eigenvalue weighted by molar-refractivity contribution is 5.55. The summed E-state index contributed by atoms with van der Waals surface area (Å²) >= 11 is 0. The maximum Gasteiger partial charge on any atom is 0.404 e. The Morgan fingerprint density at radius 2 is 1.22 bits per heavy atom. The van der Waals surface area contributed by atoms with Gasteiger partial charge in [0.15, 0.2) is 5.92 Å². The van der Waals surface area contributed by atoms with Crippen molar-refractivity contribution in [3.63, 3.8) is 0 Å². The molecule has 0 heterocycles. The zero-order valence-corrected chi connectivity index (χ0v) is 9.58. The molecule has 1 rings (SSSR count). The number of hydrogen-bond donors (Lipinski definition) is 1. The Balaban J connectivity index is 3.41. The zero-order chi connectivity index (χ0) is 14.3. The number of rotatable bonds is 1. The van der Waals surface area contributed by atoms with Crippen molar-refractivity contribution in [1.29, 1.82) is 0 Å². The summed E-state index contributed by atoms with van der Waals surface area (Å²) in [6.45, 7) is 2.74. The zero-order valence-electron chi connectivity index (χ0n) is 9.58. The molecule has 0 spiro atoms. The van der Waals surface area contributed by atoms with Gasteiger partial charge >= 0.3 is 12.4 Å². The number of nitrogen functional groups attached to an aromatic ring is 1. The Hall–Kier alpha value is -1.40. The first-order chi connectivity index (χ1) is 7.94. The Labute approximate surface area is 99.6 Å². The van der Waals surface area contributed by atoms with Crippen LogP contribution in [0.25, 0.3) is 0 Å². The first-order valence-electron chi connectivity index (χ1n) is 4.94. The number of nitrogens with two attached hydrogens (primary N) is 1. The van der Waals surface area contributed by atoms with E-state index in [2.05, 4.69) is 0 Å². The number of benzene rings is 1. The van der Waals surface area contributed by atoms with Gasteiger partial charge in [-0.1, -0.05) is 12.1 Å². The lowest BCUT2D eigenvalue weighted by Gasteiger charge is -2.24. The molecule has 1 aromatic carbocycles. The Bertz CT molecular complexity index is 409. The van der Waals surface area contributed by atoms with Crippen molar-refractivity contribution in [3.8, 4) is 0 Å². The van der Waals surface area contributed by atoms with Gasteiger partial charge in [-0.25, -0.2) is 0 Å². The molecule has 0 radical (unpaired) electrons. The van der Waals surface area contributed by atoms with Crippen molar-refractivity contribution < 1.29 is 26.3 Å². The smallest absolute Gasteiger partial charge is 0.398 e. The third kappa shape index (κ3) is 2.88. The Morgan fingerprint density at radius 3 is 1.50 bits per heavy atom. The van der Waals surface area contributed by atoms with E-state index < -0.39 is 23.8 Å². The minimum absolute atomic E-state index is 0.196. The van der Waals surface area contributed by atoms with Crippen LogP contribution in [0.2, 0.25) is 0 Å². The second-order valence-corrected chi connectivity index (χ2v) is 4.08. The maximum atomic E-state index is 12.5. The summed E-state index contributed by atoms with van der Waals surface area (Å²) in [7, 11) is 0. The molecule has 0 unspecified atom stereocenters. The average Bonchev–Trinajstić information content (AvgIpc) is 2.08.